The van der Waals surface area contributed by atoms with Crippen LogP contribution >= 0.6 is 23.2 Å². The smallest absolute Gasteiger partial charge is 0.415 e. The topological polar surface area (TPSA) is 60.9 Å². The lowest BCUT2D eigenvalue weighted by Gasteiger charge is -2.52. The normalized spacial score (nSPS) is 21.4. The van der Waals surface area contributed by atoms with Crippen LogP contribution in [0.2, 0.25) is 10.0 Å². The second-order valence-electron chi connectivity index (χ2n) is 8.28. The Bertz CT molecular complexity index is 943. The van der Waals surface area contributed by atoms with Crippen molar-refractivity contribution in [2.24, 2.45) is 5.41 Å². The summed E-state index contributed by atoms with van der Waals surface area (Å²) in [6.45, 7) is 7.73. The average Bonchev–Trinajstić information content (AvgIpc) is 2.98. The van der Waals surface area contributed by atoms with Crippen LogP contribution in [0.25, 0.3) is 0 Å². The van der Waals surface area contributed by atoms with Crippen LogP contribution in [-0.4, -0.2) is 33.5 Å². The van der Waals surface area contributed by atoms with Crippen molar-refractivity contribution in [3.63, 3.8) is 0 Å². The summed E-state index contributed by atoms with van der Waals surface area (Å²) in [6.07, 6.45) is -1.29. The molecule has 0 spiro atoms. The first-order chi connectivity index (χ1) is 13.5. The summed E-state index contributed by atoms with van der Waals surface area (Å²) in [4.78, 5) is 28.2. The second-order valence-corrected chi connectivity index (χ2v) is 9.09. The second kappa shape index (κ2) is 7.63. The fraction of sp³-hybridized carbons (Fsp3) is 0.364. The molecule has 1 unspecified atom stereocenters. The molecule has 2 amide bonds. The summed E-state index contributed by atoms with van der Waals surface area (Å²) in [7, 11) is 0. The zero-order chi connectivity index (χ0) is 21.6. The van der Waals surface area contributed by atoms with Gasteiger partial charge in [0.25, 0.3) is 0 Å². The molecule has 2 aromatic rings. The highest BCUT2D eigenvalue weighted by Crippen LogP contribution is 2.53. The van der Waals surface area contributed by atoms with Crippen LogP contribution in [0.1, 0.15) is 44.9 Å². The third-order valence-electron chi connectivity index (χ3n) is 5.60. The highest BCUT2D eigenvalue weighted by Gasteiger charge is 2.62. The number of halogens is 2. The molecule has 29 heavy (non-hydrogen) atoms. The molecule has 1 N–H and O–H groups in total. The maximum absolute atomic E-state index is 13.0. The molecule has 2 atom stereocenters. The van der Waals surface area contributed by atoms with Gasteiger partial charge >= 0.3 is 6.09 Å². The van der Waals surface area contributed by atoms with E-state index in [1.807, 2.05) is 62.9 Å². The molecule has 1 aliphatic heterocycles. The van der Waals surface area contributed by atoms with Gasteiger partial charge in [-0.25, -0.2) is 9.69 Å². The van der Waals surface area contributed by atoms with Crippen molar-refractivity contribution >= 4 is 35.2 Å². The molecule has 3 rings (SSSR count). The molecule has 5 nitrogen and oxygen atoms in total. The van der Waals surface area contributed by atoms with Gasteiger partial charge < -0.3 is 5.11 Å². The third kappa shape index (κ3) is 3.41. The van der Waals surface area contributed by atoms with E-state index >= 15 is 0 Å². The SMILES string of the molecule is CC(c1ccccc1)N1CC(=O)N(C(=O)O)[C@]1(c1ccc(Cl)c(Cl)c1)C(C)(C)C. The Morgan fingerprint density at radius 2 is 1.72 bits per heavy atom. The van der Waals surface area contributed by atoms with Gasteiger partial charge in [0.1, 0.15) is 5.66 Å². The number of hydrogen-bond donors (Lipinski definition) is 1. The molecule has 0 aromatic heterocycles. The van der Waals surface area contributed by atoms with E-state index in [1.54, 1.807) is 18.2 Å². The summed E-state index contributed by atoms with van der Waals surface area (Å²) >= 11 is 12.4. The molecular formula is C22H24Cl2N2O3. The van der Waals surface area contributed by atoms with Gasteiger partial charge in [-0.1, -0.05) is 80.4 Å². The van der Waals surface area contributed by atoms with Gasteiger partial charge in [-0.2, -0.15) is 0 Å². The van der Waals surface area contributed by atoms with Gasteiger partial charge in [0.2, 0.25) is 5.91 Å². The Morgan fingerprint density at radius 1 is 1.10 bits per heavy atom. The summed E-state index contributed by atoms with van der Waals surface area (Å²) in [5, 5.41) is 10.7. The number of nitrogens with zero attached hydrogens (tertiary/aromatic N) is 2. The van der Waals surface area contributed by atoms with Crippen molar-refractivity contribution in [3.8, 4) is 0 Å². The molecule has 154 valence electrons. The van der Waals surface area contributed by atoms with Crippen molar-refractivity contribution in [2.45, 2.75) is 39.4 Å². The van der Waals surface area contributed by atoms with E-state index in [0.717, 1.165) is 10.5 Å². The highest BCUT2D eigenvalue weighted by molar-refractivity contribution is 6.42. The zero-order valence-corrected chi connectivity index (χ0v) is 18.3. The standard InChI is InChI=1S/C22H24Cl2N2O3/c1-14(15-8-6-5-7-9-15)25-13-19(27)26(20(28)29)22(25,21(2,3)4)16-10-11-17(23)18(24)12-16/h5-12,14H,13H2,1-4H3,(H,28,29)/t14?,22-/m1/s1. The molecule has 0 aliphatic carbocycles. The van der Waals surface area contributed by atoms with Gasteiger partial charge in [-0.05, 0) is 30.2 Å². The van der Waals surface area contributed by atoms with Crippen LogP contribution in [0.15, 0.2) is 48.5 Å². The molecule has 0 radical (unpaired) electrons. The Labute approximate surface area is 180 Å². The van der Waals surface area contributed by atoms with Crippen LogP contribution in [0.5, 0.6) is 0 Å². The summed E-state index contributed by atoms with van der Waals surface area (Å²) < 4.78 is 0. The van der Waals surface area contributed by atoms with E-state index in [0.29, 0.717) is 15.6 Å². The minimum absolute atomic E-state index is 0.0279. The van der Waals surface area contributed by atoms with E-state index in [9.17, 15) is 14.7 Å². The lowest BCUT2D eigenvalue weighted by Crippen LogP contribution is -2.61. The molecule has 7 heteroatoms. The summed E-state index contributed by atoms with van der Waals surface area (Å²) in [5.74, 6) is -0.471. The number of amides is 2. The first-order valence-electron chi connectivity index (χ1n) is 9.35. The van der Waals surface area contributed by atoms with Crippen molar-refractivity contribution < 1.29 is 14.7 Å². The molecule has 1 aliphatic rings. The zero-order valence-electron chi connectivity index (χ0n) is 16.8. The van der Waals surface area contributed by atoms with Crippen LogP contribution < -0.4 is 0 Å². The minimum Gasteiger partial charge on any atom is -0.465 e. The van der Waals surface area contributed by atoms with Crippen molar-refractivity contribution in [1.29, 1.82) is 0 Å². The van der Waals surface area contributed by atoms with Crippen molar-refractivity contribution in [3.05, 3.63) is 69.7 Å². The molecule has 1 fully saturated rings. The molecule has 2 aromatic carbocycles. The number of imide groups is 1. The molecular weight excluding hydrogens is 411 g/mol. The first-order valence-corrected chi connectivity index (χ1v) is 10.1. The predicted molar refractivity (Wildman–Crippen MR) is 114 cm³/mol. The monoisotopic (exact) mass is 434 g/mol. The van der Waals surface area contributed by atoms with Crippen LogP contribution in [0.4, 0.5) is 4.79 Å². The number of benzene rings is 2. The lowest BCUT2D eigenvalue weighted by atomic mass is 9.73. The van der Waals surface area contributed by atoms with E-state index in [-0.39, 0.29) is 12.6 Å². The van der Waals surface area contributed by atoms with Gasteiger partial charge in [-0.15, -0.1) is 0 Å². The quantitative estimate of drug-likeness (QED) is 0.665. The fourth-order valence-corrected chi connectivity index (χ4v) is 4.72. The largest absolute Gasteiger partial charge is 0.465 e. The van der Waals surface area contributed by atoms with Crippen LogP contribution in [-0.2, 0) is 10.5 Å². The van der Waals surface area contributed by atoms with Gasteiger partial charge in [0.05, 0.1) is 16.6 Å². The van der Waals surface area contributed by atoms with E-state index in [4.69, 9.17) is 23.2 Å². The number of carbonyl (C=O) groups is 2. The van der Waals surface area contributed by atoms with E-state index in [1.165, 1.54) is 0 Å². The molecule has 0 saturated carbocycles. The Balaban J connectivity index is 2.32. The maximum Gasteiger partial charge on any atom is 0.415 e. The number of hydrogen-bond acceptors (Lipinski definition) is 3. The van der Waals surface area contributed by atoms with Crippen molar-refractivity contribution in [1.82, 2.24) is 9.80 Å². The Hall–Kier alpha value is -2.08. The first kappa shape index (κ1) is 21.6. The molecule has 0 bridgehead atoms. The van der Waals surface area contributed by atoms with Crippen LogP contribution in [0, 0.1) is 5.41 Å². The fourth-order valence-electron chi connectivity index (χ4n) is 4.42. The minimum atomic E-state index is -1.29. The number of rotatable bonds is 3. The maximum atomic E-state index is 13.0. The van der Waals surface area contributed by atoms with E-state index in [2.05, 4.69) is 0 Å². The number of carbonyl (C=O) groups excluding carboxylic acids is 1. The Morgan fingerprint density at radius 3 is 2.24 bits per heavy atom. The Kier molecular flexibility index (Phi) is 5.69. The lowest BCUT2D eigenvalue weighted by molar-refractivity contribution is -0.135. The summed E-state index contributed by atoms with van der Waals surface area (Å²) in [6, 6.07) is 14.5. The van der Waals surface area contributed by atoms with E-state index < -0.39 is 23.1 Å². The highest BCUT2D eigenvalue weighted by atomic mass is 35.5. The molecule has 1 saturated heterocycles. The average molecular weight is 435 g/mol. The van der Waals surface area contributed by atoms with Gasteiger partial charge in [0, 0.05) is 11.5 Å². The van der Waals surface area contributed by atoms with Crippen molar-refractivity contribution in [2.75, 3.05) is 6.54 Å². The molecule has 1 heterocycles. The summed E-state index contributed by atoms with van der Waals surface area (Å²) in [5.41, 5.74) is -0.339. The number of carboxylic acid groups (broad SMARTS) is 1. The van der Waals surface area contributed by atoms with Gasteiger partial charge in [0.15, 0.2) is 0 Å². The van der Waals surface area contributed by atoms with Gasteiger partial charge in [-0.3, -0.25) is 9.69 Å². The predicted octanol–water partition coefficient (Wildman–Crippen LogP) is 5.78. The third-order valence-corrected chi connectivity index (χ3v) is 6.34. The van der Waals surface area contributed by atoms with Crippen LogP contribution in [0.3, 0.4) is 0 Å².